The van der Waals surface area contributed by atoms with E-state index in [0.717, 1.165) is 45.1 Å². The molecule has 3 aromatic rings. The zero-order valence-electron chi connectivity index (χ0n) is 16.4. The Labute approximate surface area is 169 Å². The van der Waals surface area contributed by atoms with Crippen molar-refractivity contribution in [1.82, 2.24) is 29.6 Å². The molecule has 0 bridgehead atoms. The molecule has 2 aliphatic rings. The van der Waals surface area contributed by atoms with Gasteiger partial charge in [0.05, 0.1) is 19.3 Å². The summed E-state index contributed by atoms with van der Waals surface area (Å²) < 4.78 is 6.96. The van der Waals surface area contributed by atoms with Gasteiger partial charge in [-0.05, 0) is 30.7 Å². The maximum atomic E-state index is 5.33. The van der Waals surface area contributed by atoms with Crippen molar-refractivity contribution in [1.29, 1.82) is 0 Å². The van der Waals surface area contributed by atoms with E-state index >= 15 is 0 Å². The van der Waals surface area contributed by atoms with Gasteiger partial charge in [-0.15, -0.1) is 5.10 Å². The van der Waals surface area contributed by atoms with Crippen LogP contribution in [-0.2, 0) is 4.74 Å². The maximum absolute atomic E-state index is 5.33. The van der Waals surface area contributed by atoms with Gasteiger partial charge in [-0.25, -0.2) is 14.6 Å². The normalized spacial score (nSPS) is 17.9. The molecule has 2 fully saturated rings. The van der Waals surface area contributed by atoms with Crippen molar-refractivity contribution in [3.63, 3.8) is 0 Å². The molecule has 2 aliphatic heterocycles. The highest BCUT2D eigenvalue weighted by atomic mass is 16.5. The zero-order chi connectivity index (χ0) is 19.6. The molecule has 0 amide bonds. The first-order valence-electron chi connectivity index (χ1n) is 9.88. The van der Waals surface area contributed by atoms with Gasteiger partial charge in [-0.1, -0.05) is 0 Å². The molecule has 1 N–H and O–H groups in total. The Morgan fingerprint density at radius 2 is 1.93 bits per heavy atom. The van der Waals surface area contributed by atoms with Gasteiger partial charge in [-0.2, -0.15) is 4.98 Å². The molecule has 0 radical (unpaired) electrons. The number of nitrogens with zero attached hydrogens (tertiary/aromatic N) is 7. The standard InChI is InChI=1S/C20H24N8O/c1-15-8-16(24-20-23-14-28(25-20)19-2-3-21-13-22-19)10-17(9-15)26-4-6-27(7-5-26)18-11-29-12-18/h2-3,8-10,13-14,18H,4-7,11-12H2,1H3,(H,24,25). The highest BCUT2D eigenvalue weighted by Crippen LogP contribution is 2.26. The van der Waals surface area contributed by atoms with Gasteiger partial charge in [0.2, 0.25) is 5.95 Å². The first kappa shape index (κ1) is 18.0. The van der Waals surface area contributed by atoms with Gasteiger partial charge >= 0.3 is 0 Å². The highest BCUT2D eigenvalue weighted by Gasteiger charge is 2.29. The molecule has 0 spiro atoms. The fourth-order valence-electron chi connectivity index (χ4n) is 3.78. The average Bonchev–Trinajstić information content (AvgIpc) is 3.16. The molecule has 0 aliphatic carbocycles. The van der Waals surface area contributed by atoms with Crippen LogP contribution >= 0.6 is 0 Å². The van der Waals surface area contributed by atoms with Crippen LogP contribution in [0.15, 0.2) is 43.1 Å². The number of hydrogen-bond donors (Lipinski definition) is 1. The van der Waals surface area contributed by atoms with Crippen molar-refractivity contribution in [3.05, 3.63) is 48.7 Å². The Morgan fingerprint density at radius 1 is 1.07 bits per heavy atom. The molecule has 2 saturated heterocycles. The molecule has 2 aromatic heterocycles. The van der Waals surface area contributed by atoms with Gasteiger partial charge in [0.1, 0.15) is 12.7 Å². The van der Waals surface area contributed by atoms with E-state index in [1.54, 1.807) is 23.3 Å². The second-order valence-corrected chi connectivity index (χ2v) is 7.48. The van der Waals surface area contributed by atoms with Crippen LogP contribution in [0.1, 0.15) is 5.56 Å². The number of benzene rings is 1. The number of ether oxygens (including phenoxy) is 1. The molecule has 5 rings (SSSR count). The monoisotopic (exact) mass is 392 g/mol. The van der Waals surface area contributed by atoms with Gasteiger partial charge in [0.15, 0.2) is 5.82 Å². The third-order valence-corrected chi connectivity index (χ3v) is 5.43. The number of piperazine rings is 1. The molecule has 9 heteroatoms. The van der Waals surface area contributed by atoms with Crippen molar-refractivity contribution in [3.8, 4) is 5.82 Å². The van der Waals surface area contributed by atoms with Crippen LogP contribution in [0.5, 0.6) is 0 Å². The van der Waals surface area contributed by atoms with E-state index in [2.05, 4.69) is 60.3 Å². The summed E-state index contributed by atoms with van der Waals surface area (Å²) in [6.45, 7) is 8.09. The van der Waals surface area contributed by atoms with Crippen LogP contribution < -0.4 is 10.2 Å². The predicted octanol–water partition coefficient (Wildman–Crippen LogP) is 1.63. The minimum absolute atomic E-state index is 0.537. The van der Waals surface area contributed by atoms with Gasteiger partial charge in [-0.3, -0.25) is 4.90 Å². The predicted molar refractivity (Wildman–Crippen MR) is 110 cm³/mol. The van der Waals surface area contributed by atoms with Crippen LogP contribution in [0.3, 0.4) is 0 Å². The molecule has 0 atom stereocenters. The fraction of sp³-hybridized carbons (Fsp3) is 0.400. The van der Waals surface area contributed by atoms with Crippen LogP contribution in [0.25, 0.3) is 5.82 Å². The lowest BCUT2D eigenvalue weighted by atomic mass is 10.1. The third-order valence-electron chi connectivity index (χ3n) is 5.43. The fourth-order valence-corrected chi connectivity index (χ4v) is 3.78. The largest absolute Gasteiger partial charge is 0.378 e. The molecular formula is C20H24N8O. The SMILES string of the molecule is Cc1cc(Nc2ncn(-c3ccncn3)n2)cc(N2CCN(C3COC3)CC2)c1. The first-order valence-corrected chi connectivity index (χ1v) is 9.88. The Morgan fingerprint density at radius 3 is 2.66 bits per heavy atom. The van der Waals surface area contributed by atoms with E-state index in [1.807, 2.05) is 0 Å². The van der Waals surface area contributed by atoms with Crippen molar-refractivity contribution in [2.45, 2.75) is 13.0 Å². The quantitative estimate of drug-likeness (QED) is 0.701. The molecule has 4 heterocycles. The lowest BCUT2D eigenvalue weighted by Crippen LogP contribution is -2.56. The van der Waals surface area contributed by atoms with E-state index in [-0.39, 0.29) is 0 Å². The van der Waals surface area contributed by atoms with Crippen LogP contribution in [0.4, 0.5) is 17.3 Å². The van der Waals surface area contributed by atoms with Crippen LogP contribution in [-0.4, -0.2) is 75.1 Å². The first-order chi connectivity index (χ1) is 14.2. The van der Waals surface area contributed by atoms with E-state index in [0.29, 0.717) is 17.8 Å². The van der Waals surface area contributed by atoms with E-state index in [1.165, 1.54) is 17.6 Å². The van der Waals surface area contributed by atoms with Crippen molar-refractivity contribution in [2.75, 3.05) is 49.6 Å². The summed E-state index contributed by atoms with van der Waals surface area (Å²) in [5.41, 5.74) is 3.41. The molecule has 0 unspecified atom stereocenters. The average molecular weight is 392 g/mol. The smallest absolute Gasteiger partial charge is 0.247 e. The van der Waals surface area contributed by atoms with Crippen LogP contribution in [0, 0.1) is 6.92 Å². The van der Waals surface area contributed by atoms with Gasteiger partial charge in [0.25, 0.3) is 0 Å². The van der Waals surface area contributed by atoms with Crippen molar-refractivity contribution in [2.24, 2.45) is 0 Å². The summed E-state index contributed by atoms with van der Waals surface area (Å²) in [5, 5.41) is 7.78. The number of rotatable bonds is 5. The van der Waals surface area contributed by atoms with Crippen LogP contribution in [0.2, 0.25) is 0 Å². The maximum Gasteiger partial charge on any atom is 0.247 e. The van der Waals surface area contributed by atoms with Crippen molar-refractivity contribution >= 4 is 17.3 Å². The summed E-state index contributed by atoms with van der Waals surface area (Å²) in [7, 11) is 0. The number of anilines is 3. The second kappa shape index (κ2) is 7.76. The molecule has 0 saturated carbocycles. The minimum atomic E-state index is 0.537. The summed E-state index contributed by atoms with van der Waals surface area (Å²) in [6.07, 6.45) is 4.82. The summed E-state index contributed by atoms with van der Waals surface area (Å²) >= 11 is 0. The third kappa shape index (κ3) is 3.92. The number of hydrogen-bond acceptors (Lipinski definition) is 8. The molecule has 29 heavy (non-hydrogen) atoms. The van der Waals surface area contributed by atoms with E-state index in [9.17, 15) is 0 Å². The zero-order valence-corrected chi connectivity index (χ0v) is 16.4. The Hall–Kier alpha value is -3.04. The molecular weight excluding hydrogens is 368 g/mol. The number of nitrogens with one attached hydrogen (secondary N) is 1. The van der Waals surface area contributed by atoms with E-state index < -0.39 is 0 Å². The second-order valence-electron chi connectivity index (χ2n) is 7.48. The highest BCUT2D eigenvalue weighted by molar-refractivity contribution is 5.64. The molecule has 1 aromatic carbocycles. The summed E-state index contributed by atoms with van der Waals surface area (Å²) in [5.74, 6) is 1.22. The van der Waals surface area contributed by atoms with E-state index in [4.69, 9.17) is 4.74 Å². The number of aromatic nitrogens is 5. The van der Waals surface area contributed by atoms with Gasteiger partial charge in [0, 0.05) is 49.8 Å². The number of aryl methyl sites for hydroxylation is 1. The topological polar surface area (TPSA) is 84.2 Å². The minimum Gasteiger partial charge on any atom is -0.378 e. The lowest BCUT2D eigenvalue weighted by molar-refractivity contribution is -0.0660. The van der Waals surface area contributed by atoms with Crippen molar-refractivity contribution < 1.29 is 4.74 Å². The van der Waals surface area contributed by atoms with Gasteiger partial charge < -0.3 is 15.0 Å². The summed E-state index contributed by atoms with van der Waals surface area (Å²) in [4.78, 5) is 17.5. The summed E-state index contributed by atoms with van der Waals surface area (Å²) in [6, 6.07) is 8.92. The molecule has 9 nitrogen and oxygen atoms in total. The Balaban J connectivity index is 1.28. The lowest BCUT2D eigenvalue weighted by Gasteiger charge is -2.43. The molecule has 150 valence electrons. The Bertz CT molecular complexity index is 964. The Kier molecular flexibility index (Phi) is 4.82.